The van der Waals surface area contributed by atoms with Crippen LogP contribution in [0.25, 0.3) is 66.1 Å². The van der Waals surface area contributed by atoms with Crippen LogP contribution in [0.5, 0.6) is 11.5 Å². The molecule has 0 saturated carbocycles. The zero-order valence-electron chi connectivity index (χ0n) is 27.6. The van der Waals surface area contributed by atoms with Crippen LogP contribution in [0.4, 0.5) is 0 Å². The van der Waals surface area contributed by atoms with E-state index in [-0.39, 0.29) is 6.71 Å². The van der Waals surface area contributed by atoms with Crippen LogP contribution >= 0.6 is 0 Å². The Balaban J connectivity index is 1.26. The predicted octanol–water partition coefficient (Wildman–Crippen LogP) is 9.41. The van der Waals surface area contributed by atoms with Crippen molar-refractivity contribution in [3.8, 4) is 34.0 Å². The van der Waals surface area contributed by atoms with E-state index in [1.165, 1.54) is 99.2 Å². The highest BCUT2D eigenvalue weighted by Crippen LogP contribution is 2.44. The van der Waals surface area contributed by atoms with Crippen LogP contribution < -0.4 is 21.1 Å². The van der Waals surface area contributed by atoms with Gasteiger partial charge < -0.3 is 13.9 Å². The van der Waals surface area contributed by atoms with Gasteiger partial charge in [0.15, 0.2) is 0 Å². The molecule has 0 aliphatic carbocycles. The molecule has 3 nitrogen and oxygen atoms in total. The maximum Gasteiger partial charge on any atom is 0.256 e. The Hall–Kier alpha value is -6.00. The minimum Gasteiger partial charge on any atom is -0.458 e. The minimum absolute atomic E-state index is 0.0580. The zero-order chi connectivity index (χ0) is 32.5. The van der Waals surface area contributed by atoms with Crippen LogP contribution in [-0.2, 0) is 0 Å². The molecular weight excluding hydrogens is 595 g/mol. The van der Waals surface area contributed by atoms with Gasteiger partial charge in [0.25, 0.3) is 6.71 Å². The van der Waals surface area contributed by atoms with Gasteiger partial charge in [-0.15, -0.1) is 0 Å². The van der Waals surface area contributed by atoms with Crippen molar-refractivity contribution in [3.05, 3.63) is 150 Å². The molecule has 4 heterocycles. The van der Waals surface area contributed by atoms with E-state index < -0.39 is 0 Å². The Kier molecular flexibility index (Phi) is 5.26. The molecule has 230 valence electrons. The molecule has 0 fully saturated rings. The number of para-hydroxylation sites is 3. The molecule has 0 unspecified atom stereocenters. The first kappa shape index (κ1) is 27.0. The molecule has 4 heteroatoms. The topological polar surface area (TPSA) is 19.1 Å². The van der Waals surface area contributed by atoms with E-state index in [4.69, 9.17) is 4.74 Å². The average Bonchev–Trinajstić information content (AvgIpc) is 3.64. The Labute approximate surface area is 284 Å². The van der Waals surface area contributed by atoms with Gasteiger partial charge in [-0.1, -0.05) is 96.6 Å². The van der Waals surface area contributed by atoms with E-state index >= 15 is 0 Å². The number of aromatic nitrogens is 2. The van der Waals surface area contributed by atoms with Crippen molar-refractivity contribution in [1.82, 2.24) is 9.13 Å². The second-order valence-electron chi connectivity index (χ2n) is 13.9. The molecule has 0 radical (unpaired) electrons. The number of hydrogen-bond donors (Lipinski definition) is 0. The van der Waals surface area contributed by atoms with Gasteiger partial charge in [-0.25, -0.2) is 0 Å². The molecule has 0 spiro atoms. The Morgan fingerprint density at radius 3 is 2.14 bits per heavy atom. The summed E-state index contributed by atoms with van der Waals surface area (Å²) in [6.07, 6.45) is 0. The lowest BCUT2D eigenvalue weighted by Gasteiger charge is -2.33. The smallest absolute Gasteiger partial charge is 0.256 e. The van der Waals surface area contributed by atoms with Crippen LogP contribution in [0.1, 0.15) is 16.7 Å². The summed E-state index contributed by atoms with van der Waals surface area (Å²) in [5, 5.41) is 5.10. The molecule has 2 aromatic heterocycles. The number of hydrogen-bond acceptors (Lipinski definition) is 1. The second-order valence-corrected chi connectivity index (χ2v) is 13.9. The molecule has 0 amide bonds. The Morgan fingerprint density at radius 1 is 0.531 bits per heavy atom. The molecule has 49 heavy (non-hydrogen) atoms. The highest BCUT2D eigenvalue weighted by Gasteiger charge is 2.40. The number of fused-ring (bicyclic) bond motifs is 11. The maximum absolute atomic E-state index is 6.80. The van der Waals surface area contributed by atoms with E-state index in [0.717, 1.165) is 11.5 Å². The standard InChI is InChI=1S/C45H31BN2O/c1-26-23-27(2)41(28(3)24-26)29-19-22-39-35(25-29)46-34-15-9-14-31-32-20-21-37-42(33-13-7-8-16-36(33)47(37)30-11-5-4-6-12-30)45(32)48(44(31)34)38-17-10-18-40(49-39)43(38)46/h4-25H,1-3H3. The van der Waals surface area contributed by atoms with Crippen molar-refractivity contribution in [1.29, 1.82) is 0 Å². The van der Waals surface area contributed by atoms with Crippen molar-refractivity contribution >= 4 is 66.7 Å². The second kappa shape index (κ2) is 9.55. The SMILES string of the molecule is Cc1cc(C)c(-c2ccc3c(c2)B2c4c(cccc4-n4c5c2cccc5c2ccc5c(c6ccccc6n5-c5ccccc5)c24)O3)c(C)c1. The third-order valence-corrected chi connectivity index (χ3v) is 11.0. The summed E-state index contributed by atoms with van der Waals surface area (Å²) < 4.78 is 11.8. The number of ether oxygens (including phenoxy) is 1. The van der Waals surface area contributed by atoms with E-state index in [1.807, 2.05) is 0 Å². The highest BCUT2D eigenvalue weighted by molar-refractivity contribution is 6.99. The Morgan fingerprint density at radius 2 is 1.29 bits per heavy atom. The Bertz CT molecular complexity index is 2870. The fourth-order valence-electron chi connectivity index (χ4n) is 9.32. The summed E-state index contributed by atoms with van der Waals surface area (Å²) in [5.74, 6) is 1.88. The summed E-state index contributed by atoms with van der Waals surface area (Å²) in [6, 6.07) is 49.1. The summed E-state index contributed by atoms with van der Waals surface area (Å²) in [7, 11) is 0. The van der Waals surface area contributed by atoms with Crippen molar-refractivity contribution in [2.24, 2.45) is 0 Å². The lowest BCUT2D eigenvalue weighted by atomic mass is 9.34. The van der Waals surface area contributed by atoms with Crippen molar-refractivity contribution in [2.45, 2.75) is 20.8 Å². The van der Waals surface area contributed by atoms with Crippen LogP contribution in [0.3, 0.4) is 0 Å². The van der Waals surface area contributed by atoms with Crippen molar-refractivity contribution < 1.29 is 4.74 Å². The lowest BCUT2D eigenvalue weighted by molar-refractivity contribution is 0.487. The lowest BCUT2D eigenvalue weighted by Crippen LogP contribution is -2.58. The molecule has 0 atom stereocenters. The van der Waals surface area contributed by atoms with Crippen LogP contribution in [0.2, 0.25) is 0 Å². The average molecular weight is 627 g/mol. The zero-order valence-corrected chi connectivity index (χ0v) is 27.6. The minimum atomic E-state index is 0.0580. The van der Waals surface area contributed by atoms with Gasteiger partial charge in [0.05, 0.1) is 16.6 Å². The molecule has 7 aromatic carbocycles. The molecule has 11 rings (SSSR count). The van der Waals surface area contributed by atoms with Crippen LogP contribution in [0.15, 0.2) is 133 Å². The van der Waals surface area contributed by atoms with E-state index in [0.29, 0.717) is 0 Å². The molecule has 0 N–H and O–H groups in total. The summed E-state index contributed by atoms with van der Waals surface area (Å²) in [6.45, 7) is 6.70. The van der Waals surface area contributed by atoms with Gasteiger partial charge in [0, 0.05) is 38.4 Å². The van der Waals surface area contributed by atoms with Gasteiger partial charge in [-0.05, 0) is 102 Å². The van der Waals surface area contributed by atoms with Gasteiger partial charge in [-0.2, -0.15) is 0 Å². The molecule has 2 aliphatic heterocycles. The van der Waals surface area contributed by atoms with Crippen molar-refractivity contribution in [2.75, 3.05) is 0 Å². The highest BCUT2D eigenvalue weighted by atomic mass is 16.5. The first-order valence-electron chi connectivity index (χ1n) is 17.1. The molecular formula is C45H31BN2O. The van der Waals surface area contributed by atoms with Gasteiger partial charge in [0.1, 0.15) is 11.5 Å². The third kappa shape index (κ3) is 3.48. The normalized spacial score (nSPS) is 12.9. The van der Waals surface area contributed by atoms with Crippen LogP contribution in [-0.4, -0.2) is 15.8 Å². The first-order chi connectivity index (χ1) is 24.1. The fraction of sp³-hybridized carbons (Fsp3) is 0.0667. The number of benzene rings is 7. The number of rotatable bonds is 2. The molecule has 0 bridgehead atoms. The maximum atomic E-state index is 6.80. The molecule has 2 aliphatic rings. The third-order valence-electron chi connectivity index (χ3n) is 11.0. The van der Waals surface area contributed by atoms with E-state index in [1.54, 1.807) is 0 Å². The summed E-state index contributed by atoms with van der Waals surface area (Å²) >= 11 is 0. The van der Waals surface area contributed by atoms with E-state index in [2.05, 4.69) is 163 Å². The fourth-order valence-corrected chi connectivity index (χ4v) is 9.32. The van der Waals surface area contributed by atoms with E-state index in [9.17, 15) is 0 Å². The largest absolute Gasteiger partial charge is 0.458 e. The monoisotopic (exact) mass is 626 g/mol. The molecule has 0 saturated heterocycles. The van der Waals surface area contributed by atoms with Gasteiger partial charge in [-0.3, -0.25) is 0 Å². The predicted molar refractivity (Wildman–Crippen MR) is 206 cm³/mol. The number of nitrogens with zero attached hydrogens (tertiary/aromatic N) is 2. The summed E-state index contributed by atoms with van der Waals surface area (Å²) in [4.78, 5) is 0. The quantitative estimate of drug-likeness (QED) is 0.175. The van der Waals surface area contributed by atoms with Crippen molar-refractivity contribution in [3.63, 3.8) is 0 Å². The first-order valence-corrected chi connectivity index (χ1v) is 17.1. The van der Waals surface area contributed by atoms with Crippen LogP contribution in [0, 0.1) is 20.8 Å². The van der Waals surface area contributed by atoms with Gasteiger partial charge >= 0.3 is 0 Å². The molecule has 9 aromatic rings. The number of aryl methyl sites for hydroxylation is 3. The summed E-state index contributed by atoms with van der Waals surface area (Å²) in [5.41, 5.74) is 17.6. The van der Waals surface area contributed by atoms with Gasteiger partial charge in [0.2, 0.25) is 0 Å².